The van der Waals surface area contributed by atoms with Gasteiger partial charge in [-0.05, 0) is 19.3 Å². The maximum absolute atomic E-state index is 11.5. The number of hydrogen-bond donors (Lipinski definition) is 1. The van der Waals surface area contributed by atoms with E-state index in [-0.39, 0.29) is 17.8 Å². The molecule has 2 N–H and O–H groups in total. The summed E-state index contributed by atoms with van der Waals surface area (Å²) in [6, 6.07) is 0. The van der Waals surface area contributed by atoms with Crippen molar-refractivity contribution in [2.45, 2.75) is 84.5 Å². The fourth-order valence-electron chi connectivity index (χ4n) is 2.33. The van der Waals surface area contributed by atoms with Crippen LogP contribution in [0.2, 0.25) is 0 Å². The topological polar surface area (TPSA) is 69.4 Å². The van der Waals surface area contributed by atoms with E-state index in [4.69, 9.17) is 10.5 Å². The van der Waals surface area contributed by atoms with Gasteiger partial charge in [-0.1, -0.05) is 58.8 Å². The molecule has 0 rings (SSSR count). The quantitative estimate of drug-likeness (QED) is 0.390. The van der Waals surface area contributed by atoms with Gasteiger partial charge in [-0.25, -0.2) is 0 Å². The van der Waals surface area contributed by atoms with Crippen molar-refractivity contribution in [2.24, 2.45) is 11.7 Å². The molecule has 1 atom stereocenters. The van der Waals surface area contributed by atoms with Crippen LogP contribution < -0.4 is 5.73 Å². The zero-order chi connectivity index (χ0) is 15.9. The third-order valence-corrected chi connectivity index (χ3v) is 3.85. The van der Waals surface area contributed by atoms with Crippen LogP contribution >= 0.6 is 0 Å². The maximum Gasteiger partial charge on any atom is 0.305 e. The molecule has 0 aliphatic heterocycles. The summed E-state index contributed by atoms with van der Waals surface area (Å²) in [6.45, 7) is 4.63. The van der Waals surface area contributed by atoms with Gasteiger partial charge in [0.15, 0.2) is 0 Å². The Morgan fingerprint density at radius 3 is 2.05 bits per heavy atom. The molecule has 4 heteroatoms. The summed E-state index contributed by atoms with van der Waals surface area (Å²) < 4.78 is 5.17. The molecule has 0 aromatic rings. The van der Waals surface area contributed by atoms with Crippen LogP contribution in [0.1, 0.15) is 84.5 Å². The SMILES string of the molecule is CCCCCCCCCCOC(=O)CCC(CC)C(N)=O. The molecular formula is C17H33NO3. The Hall–Kier alpha value is -1.06. The molecule has 0 radical (unpaired) electrons. The molecule has 0 bridgehead atoms. The fraction of sp³-hybridized carbons (Fsp3) is 0.882. The minimum absolute atomic E-state index is 0.208. The second kappa shape index (κ2) is 13.9. The Kier molecular flexibility index (Phi) is 13.2. The lowest BCUT2D eigenvalue weighted by Gasteiger charge is -2.10. The van der Waals surface area contributed by atoms with Crippen LogP contribution in [-0.2, 0) is 14.3 Å². The van der Waals surface area contributed by atoms with Crippen LogP contribution in [0.15, 0.2) is 0 Å². The molecule has 0 aliphatic rings. The standard InChI is InChI=1S/C17H33NO3/c1-3-5-6-7-8-9-10-11-14-21-16(19)13-12-15(4-2)17(18)20/h15H,3-14H2,1-2H3,(H2,18,20). The Morgan fingerprint density at radius 2 is 1.52 bits per heavy atom. The van der Waals surface area contributed by atoms with Gasteiger partial charge in [0, 0.05) is 12.3 Å². The molecule has 0 spiro atoms. The van der Waals surface area contributed by atoms with E-state index in [9.17, 15) is 9.59 Å². The molecule has 0 aliphatic carbocycles. The number of unbranched alkanes of at least 4 members (excludes halogenated alkanes) is 7. The lowest BCUT2D eigenvalue weighted by Crippen LogP contribution is -2.23. The maximum atomic E-state index is 11.5. The highest BCUT2D eigenvalue weighted by Crippen LogP contribution is 2.11. The number of carbonyl (C=O) groups excluding carboxylic acids is 2. The van der Waals surface area contributed by atoms with Gasteiger partial charge >= 0.3 is 5.97 Å². The van der Waals surface area contributed by atoms with Crippen molar-refractivity contribution in [1.82, 2.24) is 0 Å². The highest BCUT2D eigenvalue weighted by Gasteiger charge is 2.15. The second-order valence-electron chi connectivity index (χ2n) is 5.74. The Morgan fingerprint density at radius 1 is 0.952 bits per heavy atom. The highest BCUT2D eigenvalue weighted by atomic mass is 16.5. The van der Waals surface area contributed by atoms with Crippen LogP contribution in [0, 0.1) is 5.92 Å². The van der Waals surface area contributed by atoms with E-state index in [1.54, 1.807) is 0 Å². The van der Waals surface area contributed by atoms with Gasteiger partial charge in [-0.3, -0.25) is 9.59 Å². The van der Waals surface area contributed by atoms with E-state index >= 15 is 0 Å². The number of hydrogen-bond acceptors (Lipinski definition) is 3. The summed E-state index contributed by atoms with van der Waals surface area (Å²) in [5, 5.41) is 0. The van der Waals surface area contributed by atoms with Crippen molar-refractivity contribution < 1.29 is 14.3 Å². The summed E-state index contributed by atoms with van der Waals surface area (Å²) >= 11 is 0. The van der Waals surface area contributed by atoms with Gasteiger partial charge in [-0.2, -0.15) is 0 Å². The first-order valence-electron chi connectivity index (χ1n) is 8.56. The molecule has 0 aromatic carbocycles. The Balaban J connectivity index is 3.39. The molecular weight excluding hydrogens is 266 g/mol. The molecule has 4 nitrogen and oxygen atoms in total. The smallest absolute Gasteiger partial charge is 0.305 e. The van der Waals surface area contributed by atoms with Crippen LogP contribution in [0.4, 0.5) is 0 Å². The van der Waals surface area contributed by atoms with Crippen molar-refractivity contribution in [3.8, 4) is 0 Å². The number of rotatable bonds is 14. The van der Waals surface area contributed by atoms with Gasteiger partial charge in [0.05, 0.1) is 6.61 Å². The lowest BCUT2D eigenvalue weighted by molar-refractivity contribution is -0.144. The Bertz CT molecular complexity index is 279. The molecule has 0 fully saturated rings. The van der Waals surface area contributed by atoms with Gasteiger partial charge < -0.3 is 10.5 Å². The minimum Gasteiger partial charge on any atom is -0.466 e. The number of esters is 1. The second-order valence-corrected chi connectivity index (χ2v) is 5.74. The first kappa shape index (κ1) is 19.9. The molecule has 21 heavy (non-hydrogen) atoms. The monoisotopic (exact) mass is 299 g/mol. The summed E-state index contributed by atoms with van der Waals surface area (Å²) in [5.41, 5.74) is 5.24. The van der Waals surface area contributed by atoms with E-state index in [0.29, 0.717) is 25.9 Å². The van der Waals surface area contributed by atoms with Gasteiger partial charge in [0.2, 0.25) is 5.91 Å². The van der Waals surface area contributed by atoms with Crippen molar-refractivity contribution in [3.05, 3.63) is 0 Å². The van der Waals surface area contributed by atoms with Crippen molar-refractivity contribution in [1.29, 1.82) is 0 Å². The average molecular weight is 299 g/mol. The van der Waals surface area contributed by atoms with Crippen LogP contribution in [0.25, 0.3) is 0 Å². The van der Waals surface area contributed by atoms with E-state index < -0.39 is 0 Å². The third-order valence-electron chi connectivity index (χ3n) is 3.85. The fourth-order valence-corrected chi connectivity index (χ4v) is 2.33. The summed E-state index contributed by atoms with van der Waals surface area (Å²) in [6.07, 6.45) is 11.3. The van der Waals surface area contributed by atoms with Crippen LogP contribution in [0.5, 0.6) is 0 Å². The molecule has 1 amide bonds. The number of amides is 1. The van der Waals surface area contributed by atoms with Crippen molar-refractivity contribution >= 4 is 11.9 Å². The molecule has 0 saturated carbocycles. The molecule has 0 saturated heterocycles. The first-order chi connectivity index (χ1) is 10.1. The van der Waals surface area contributed by atoms with E-state index in [1.807, 2.05) is 6.92 Å². The zero-order valence-corrected chi connectivity index (χ0v) is 13.9. The van der Waals surface area contributed by atoms with Crippen molar-refractivity contribution in [3.63, 3.8) is 0 Å². The molecule has 1 unspecified atom stereocenters. The Labute approximate surface area is 129 Å². The summed E-state index contributed by atoms with van der Waals surface area (Å²) in [5.74, 6) is -0.744. The molecule has 124 valence electrons. The largest absolute Gasteiger partial charge is 0.466 e. The van der Waals surface area contributed by atoms with Gasteiger partial charge in [-0.15, -0.1) is 0 Å². The van der Waals surface area contributed by atoms with Crippen LogP contribution in [0.3, 0.4) is 0 Å². The predicted molar refractivity (Wildman–Crippen MR) is 85.8 cm³/mol. The van der Waals surface area contributed by atoms with Gasteiger partial charge in [0.25, 0.3) is 0 Å². The summed E-state index contributed by atoms with van der Waals surface area (Å²) in [4.78, 5) is 22.6. The zero-order valence-electron chi connectivity index (χ0n) is 13.9. The normalized spacial score (nSPS) is 12.1. The summed E-state index contributed by atoms with van der Waals surface area (Å²) in [7, 11) is 0. The van der Waals surface area contributed by atoms with E-state index in [0.717, 1.165) is 12.8 Å². The first-order valence-corrected chi connectivity index (χ1v) is 8.56. The number of nitrogens with two attached hydrogens (primary N) is 1. The number of carbonyl (C=O) groups is 2. The van der Waals surface area contributed by atoms with Crippen molar-refractivity contribution in [2.75, 3.05) is 6.61 Å². The lowest BCUT2D eigenvalue weighted by atomic mass is 10.00. The number of ether oxygens (including phenoxy) is 1. The van der Waals surface area contributed by atoms with E-state index in [1.165, 1.54) is 38.5 Å². The molecule has 0 aromatic heterocycles. The third kappa shape index (κ3) is 12.4. The van der Waals surface area contributed by atoms with Crippen LogP contribution in [-0.4, -0.2) is 18.5 Å². The number of primary amides is 1. The average Bonchev–Trinajstić information content (AvgIpc) is 2.45. The predicted octanol–water partition coefficient (Wildman–Crippen LogP) is 3.96. The van der Waals surface area contributed by atoms with Gasteiger partial charge in [0.1, 0.15) is 0 Å². The minimum atomic E-state index is -0.326. The highest BCUT2D eigenvalue weighted by molar-refractivity contribution is 5.77. The molecule has 0 heterocycles. The van der Waals surface area contributed by atoms with E-state index in [2.05, 4.69) is 6.92 Å².